The molecule has 1 rings (SSSR count). The van der Waals surface area contributed by atoms with Crippen molar-refractivity contribution < 1.29 is 14.4 Å². The van der Waals surface area contributed by atoms with Gasteiger partial charge in [0.15, 0.2) is 6.61 Å². The van der Waals surface area contributed by atoms with Gasteiger partial charge in [-0.2, -0.15) is 0 Å². The summed E-state index contributed by atoms with van der Waals surface area (Å²) in [7, 11) is 0. The summed E-state index contributed by atoms with van der Waals surface area (Å²) in [6.07, 6.45) is 1.86. The van der Waals surface area contributed by atoms with Gasteiger partial charge in [0.25, 0.3) is 5.91 Å². The first-order valence-corrected chi connectivity index (χ1v) is 5.88. The smallest absolute Gasteiger partial charge is 0.281 e. The number of rotatable bonds is 6. The molecule has 0 aliphatic heterocycles. The van der Waals surface area contributed by atoms with E-state index in [1.165, 1.54) is 0 Å². The molecule has 1 aromatic rings. The summed E-state index contributed by atoms with van der Waals surface area (Å²) in [6, 6.07) is 6.78. The molecule has 18 heavy (non-hydrogen) atoms. The van der Waals surface area contributed by atoms with Crippen molar-refractivity contribution in [3.05, 3.63) is 40.9 Å². The van der Waals surface area contributed by atoms with Gasteiger partial charge in [0.1, 0.15) is 5.75 Å². The molecule has 0 spiro atoms. The molecular formula is C13H16ClNO3. The monoisotopic (exact) mass is 269 g/mol. The standard InChI is InChI=1S/C13H16ClNO3/c1-10(2)7-8-18-15-13(16)9-17-12-5-3-11(14)4-6-12/h3-7H,8-9H2,1-2H3,(H,15,16). The number of halogens is 1. The molecule has 0 unspecified atom stereocenters. The fourth-order valence-electron chi connectivity index (χ4n) is 1.04. The van der Waals surface area contributed by atoms with Gasteiger partial charge in [-0.1, -0.05) is 23.3 Å². The van der Waals surface area contributed by atoms with Crippen LogP contribution >= 0.6 is 11.6 Å². The molecule has 0 bridgehead atoms. The summed E-state index contributed by atoms with van der Waals surface area (Å²) in [4.78, 5) is 16.3. The van der Waals surface area contributed by atoms with E-state index in [1.54, 1.807) is 24.3 Å². The summed E-state index contributed by atoms with van der Waals surface area (Å²) < 4.78 is 5.23. The minimum absolute atomic E-state index is 0.101. The Kier molecular flexibility index (Phi) is 6.25. The molecular weight excluding hydrogens is 254 g/mol. The minimum atomic E-state index is -0.341. The number of nitrogens with one attached hydrogen (secondary N) is 1. The van der Waals surface area contributed by atoms with Gasteiger partial charge < -0.3 is 4.74 Å². The maximum absolute atomic E-state index is 11.3. The van der Waals surface area contributed by atoms with E-state index in [4.69, 9.17) is 21.2 Å². The lowest BCUT2D eigenvalue weighted by Crippen LogP contribution is -2.29. The molecule has 0 aliphatic rings. The molecule has 4 nitrogen and oxygen atoms in total. The van der Waals surface area contributed by atoms with Crippen molar-refractivity contribution in [1.82, 2.24) is 5.48 Å². The van der Waals surface area contributed by atoms with Crippen LogP contribution in [0.25, 0.3) is 0 Å². The van der Waals surface area contributed by atoms with Crippen LogP contribution in [0, 0.1) is 0 Å². The Morgan fingerprint density at radius 1 is 1.33 bits per heavy atom. The Morgan fingerprint density at radius 3 is 2.61 bits per heavy atom. The van der Waals surface area contributed by atoms with Crippen molar-refractivity contribution in [3.8, 4) is 5.75 Å². The summed E-state index contributed by atoms with van der Waals surface area (Å²) in [5, 5.41) is 0.622. The van der Waals surface area contributed by atoms with Crippen molar-refractivity contribution in [2.75, 3.05) is 13.2 Å². The number of carbonyl (C=O) groups excluding carboxylic acids is 1. The first kappa shape index (κ1) is 14.5. The van der Waals surface area contributed by atoms with E-state index in [-0.39, 0.29) is 12.5 Å². The molecule has 1 aromatic carbocycles. The average Bonchev–Trinajstić information content (AvgIpc) is 2.34. The van der Waals surface area contributed by atoms with Crippen LogP contribution in [0.4, 0.5) is 0 Å². The normalized spacial score (nSPS) is 9.72. The Hall–Kier alpha value is -1.52. The molecule has 0 aromatic heterocycles. The molecule has 0 fully saturated rings. The van der Waals surface area contributed by atoms with Crippen LogP contribution in [-0.4, -0.2) is 19.1 Å². The van der Waals surface area contributed by atoms with Crippen LogP contribution in [-0.2, 0) is 9.63 Å². The SMILES string of the molecule is CC(C)=CCONC(=O)COc1ccc(Cl)cc1. The van der Waals surface area contributed by atoms with E-state index < -0.39 is 0 Å². The van der Waals surface area contributed by atoms with Gasteiger partial charge >= 0.3 is 0 Å². The van der Waals surface area contributed by atoms with E-state index in [0.29, 0.717) is 17.4 Å². The van der Waals surface area contributed by atoms with Gasteiger partial charge in [-0.05, 0) is 38.1 Å². The zero-order chi connectivity index (χ0) is 13.4. The summed E-state index contributed by atoms with van der Waals surface area (Å²) in [5.41, 5.74) is 3.41. The highest BCUT2D eigenvalue weighted by Crippen LogP contribution is 2.15. The highest BCUT2D eigenvalue weighted by Gasteiger charge is 2.02. The number of amides is 1. The van der Waals surface area contributed by atoms with E-state index >= 15 is 0 Å². The summed E-state index contributed by atoms with van der Waals surface area (Å²) >= 11 is 5.72. The molecule has 0 atom stereocenters. The largest absolute Gasteiger partial charge is 0.484 e. The zero-order valence-electron chi connectivity index (χ0n) is 10.4. The van der Waals surface area contributed by atoms with Gasteiger partial charge in [0, 0.05) is 5.02 Å². The minimum Gasteiger partial charge on any atom is -0.484 e. The third-order valence-corrected chi connectivity index (χ3v) is 2.20. The maximum atomic E-state index is 11.3. The van der Waals surface area contributed by atoms with E-state index in [9.17, 15) is 4.79 Å². The fourth-order valence-corrected chi connectivity index (χ4v) is 1.17. The van der Waals surface area contributed by atoms with Gasteiger partial charge in [-0.3, -0.25) is 9.63 Å². The Balaban J connectivity index is 2.21. The maximum Gasteiger partial charge on any atom is 0.281 e. The first-order valence-electron chi connectivity index (χ1n) is 5.50. The van der Waals surface area contributed by atoms with Gasteiger partial charge in [-0.15, -0.1) is 0 Å². The van der Waals surface area contributed by atoms with Crippen molar-refractivity contribution in [3.63, 3.8) is 0 Å². The molecule has 0 saturated carbocycles. The quantitative estimate of drug-likeness (QED) is 0.491. The van der Waals surface area contributed by atoms with Crippen LogP contribution in [0.5, 0.6) is 5.75 Å². The molecule has 1 amide bonds. The third kappa shape index (κ3) is 6.27. The second-order valence-electron chi connectivity index (χ2n) is 3.86. The number of allylic oxidation sites excluding steroid dienone is 1. The lowest BCUT2D eigenvalue weighted by molar-refractivity contribution is -0.134. The van der Waals surface area contributed by atoms with Gasteiger partial charge in [-0.25, -0.2) is 5.48 Å². The number of hydroxylamine groups is 1. The lowest BCUT2D eigenvalue weighted by Gasteiger charge is -2.06. The van der Waals surface area contributed by atoms with Crippen LogP contribution < -0.4 is 10.2 Å². The first-order chi connectivity index (χ1) is 8.58. The Morgan fingerprint density at radius 2 is 2.00 bits per heavy atom. The molecule has 98 valence electrons. The molecule has 0 radical (unpaired) electrons. The van der Waals surface area contributed by atoms with Gasteiger partial charge in [0.05, 0.1) is 6.61 Å². The molecule has 0 saturated heterocycles. The van der Waals surface area contributed by atoms with Gasteiger partial charge in [0.2, 0.25) is 0 Å². The Bertz CT molecular complexity index is 411. The van der Waals surface area contributed by atoms with Crippen LogP contribution in [0.1, 0.15) is 13.8 Å². The van der Waals surface area contributed by atoms with Crippen LogP contribution in [0.2, 0.25) is 5.02 Å². The highest BCUT2D eigenvalue weighted by molar-refractivity contribution is 6.30. The topological polar surface area (TPSA) is 47.6 Å². The van der Waals surface area contributed by atoms with E-state index in [0.717, 1.165) is 5.57 Å². The summed E-state index contributed by atoms with van der Waals surface area (Å²) in [6.45, 7) is 4.15. The predicted molar refractivity (Wildman–Crippen MR) is 70.5 cm³/mol. The molecule has 0 aliphatic carbocycles. The summed E-state index contributed by atoms with van der Waals surface area (Å²) in [5.74, 6) is 0.242. The molecule has 0 heterocycles. The van der Waals surface area contributed by atoms with Crippen LogP contribution in [0.3, 0.4) is 0 Å². The number of ether oxygens (including phenoxy) is 1. The predicted octanol–water partition coefficient (Wildman–Crippen LogP) is 2.73. The van der Waals surface area contributed by atoms with Crippen molar-refractivity contribution in [2.24, 2.45) is 0 Å². The van der Waals surface area contributed by atoms with Crippen LogP contribution in [0.15, 0.2) is 35.9 Å². The fraction of sp³-hybridized carbons (Fsp3) is 0.308. The highest BCUT2D eigenvalue weighted by atomic mass is 35.5. The van der Waals surface area contributed by atoms with Crippen molar-refractivity contribution >= 4 is 17.5 Å². The van der Waals surface area contributed by atoms with E-state index in [1.807, 2.05) is 19.9 Å². The number of carbonyl (C=O) groups is 1. The van der Waals surface area contributed by atoms with Crippen molar-refractivity contribution in [2.45, 2.75) is 13.8 Å². The molecule has 1 N–H and O–H groups in total. The number of benzene rings is 1. The van der Waals surface area contributed by atoms with Crippen molar-refractivity contribution in [1.29, 1.82) is 0 Å². The second kappa shape index (κ2) is 7.74. The van der Waals surface area contributed by atoms with E-state index in [2.05, 4.69) is 5.48 Å². The second-order valence-corrected chi connectivity index (χ2v) is 4.30. The zero-order valence-corrected chi connectivity index (χ0v) is 11.2. The third-order valence-electron chi connectivity index (χ3n) is 1.94. The Labute approximate surface area is 111 Å². The number of hydrogen-bond acceptors (Lipinski definition) is 3. The lowest BCUT2D eigenvalue weighted by atomic mass is 10.3. The number of hydrogen-bond donors (Lipinski definition) is 1. The average molecular weight is 270 g/mol. The molecule has 5 heteroatoms.